The van der Waals surface area contributed by atoms with Crippen LogP contribution < -0.4 is 5.73 Å². The smallest absolute Gasteiger partial charge is 0.191 e. The van der Waals surface area contributed by atoms with Crippen molar-refractivity contribution in [3.05, 3.63) is 27.7 Å². The van der Waals surface area contributed by atoms with Gasteiger partial charge in [-0.25, -0.2) is 0 Å². The number of hydrogen-bond acceptors (Lipinski definition) is 5. The van der Waals surface area contributed by atoms with Crippen LogP contribution >= 0.6 is 23.1 Å². The van der Waals surface area contributed by atoms with Crippen molar-refractivity contribution in [1.82, 2.24) is 14.8 Å². The molecule has 0 unspecified atom stereocenters. The Morgan fingerprint density at radius 1 is 1.29 bits per heavy atom. The number of nitrogens with zero attached hydrogens (tertiary/aromatic N) is 3. The van der Waals surface area contributed by atoms with Crippen LogP contribution in [0.5, 0.6) is 0 Å². The highest BCUT2D eigenvalue weighted by atomic mass is 32.2. The standard InChI is InChI=1S/C15H18N4S2/c16-9-4-5-12-7-8-13(21-12)11-20-15-18-17-14-6-2-1-3-10-19(14)15/h7-8H,1-3,6,9-11,16H2. The number of thiophene rings is 1. The number of nitrogens with two attached hydrogens (primary N) is 1. The Hall–Kier alpha value is -1.29. The van der Waals surface area contributed by atoms with Crippen molar-refractivity contribution in [2.75, 3.05) is 6.54 Å². The lowest BCUT2D eigenvalue weighted by Crippen LogP contribution is -2.02. The largest absolute Gasteiger partial charge is 0.320 e. The molecule has 3 heterocycles. The van der Waals surface area contributed by atoms with Crippen LogP contribution in [-0.2, 0) is 18.7 Å². The average Bonchev–Trinajstić information content (AvgIpc) is 3.03. The highest BCUT2D eigenvalue weighted by Gasteiger charge is 2.15. The van der Waals surface area contributed by atoms with E-state index < -0.39 is 0 Å². The zero-order valence-corrected chi connectivity index (χ0v) is 13.5. The molecule has 1 aliphatic rings. The van der Waals surface area contributed by atoms with Crippen LogP contribution in [0.3, 0.4) is 0 Å². The second-order valence-electron chi connectivity index (χ2n) is 4.92. The molecular weight excluding hydrogens is 300 g/mol. The molecule has 3 rings (SSSR count). The molecule has 0 fully saturated rings. The summed E-state index contributed by atoms with van der Waals surface area (Å²) in [5.41, 5.74) is 5.39. The fourth-order valence-corrected chi connectivity index (χ4v) is 4.27. The maximum absolute atomic E-state index is 5.39. The fraction of sp³-hybridized carbons (Fsp3) is 0.467. The lowest BCUT2D eigenvalue weighted by molar-refractivity contribution is 0.591. The van der Waals surface area contributed by atoms with Gasteiger partial charge in [-0.15, -0.1) is 21.5 Å². The lowest BCUT2D eigenvalue weighted by Gasteiger charge is -2.05. The number of hydrogen-bond donors (Lipinski definition) is 1. The molecule has 0 atom stereocenters. The van der Waals surface area contributed by atoms with Gasteiger partial charge in [-0.1, -0.05) is 30.0 Å². The molecule has 0 aromatic carbocycles. The van der Waals surface area contributed by atoms with E-state index in [4.69, 9.17) is 5.73 Å². The van der Waals surface area contributed by atoms with Gasteiger partial charge in [0.15, 0.2) is 5.16 Å². The minimum atomic E-state index is 0.411. The number of fused-ring (bicyclic) bond motifs is 1. The van der Waals surface area contributed by atoms with Gasteiger partial charge in [-0.3, -0.25) is 0 Å². The summed E-state index contributed by atoms with van der Waals surface area (Å²) < 4.78 is 2.29. The zero-order chi connectivity index (χ0) is 14.5. The van der Waals surface area contributed by atoms with Crippen molar-refractivity contribution in [2.45, 2.75) is 43.1 Å². The van der Waals surface area contributed by atoms with E-state index in [1.165, 1.54) is 24.1 Å². The van der Waals surface area contributed by atoms with Crippen LogP contribution in [0.25, 0.3) is 0 Å². The van der Waals surface area contributed by atoms with Crippen LogP contribution in [0.2, 0.25) is 0 Å². The molecule has 6 heteroatoms. The van der Waals surface area contributed by atoms with Gasteiger partial charge < -0.3 is 10.3 Å². The van der Waals surface area contributed by atoms with Gasteiger partial charge in [-0.2, -0.15) is 0 Å². The first-order valence-electron chi connectivity index (χ1n) is 7.19. The third-order valence-corrected chi connectivity index (χ3v) is 5.59. The van der Waals surface area contributed by atoms with Crippen LogP contribution in [0.1, 0.15) is 34.8 Å². The summed E-state index contributed by atoms with van der Waals surface area (Å²) in [6, 6.07) is 4.20. The number of aromatic nitrogens is 3. The molecule has 0 amide bonds. The van der Waals surface area contributed by atoms with Crippen molar-refractivity contribution in [2.24, 2.45) is 5.73 Å². The molecule has 2 N–H and O–H groups in total. The summed E-state index contributed by atoms with van der Waals surface area (Å²) in [4.78, 5) is 2.39. The SMILES string of the molecule is NCC#Cc1ccc(CSc2nnc3n2CCCCC3)s1. The minimum absolute atomic E-state index is 0.411. The second kappa shape index (κ2) is 7.12. The van der Waals surface area contributed by atoms with E-state index in [-0.39, 0.29) is 0 Å². The highest BCUT2D eigenvalue weighted by molar-refractivity contribution is 7.98. The predicted octanol–water partition coefficient (Wildman–Crippen LogP) is 2.67. The Labute approximate surface area is 133 Å². The van der Waals surface area contributed by atoms with Crippen molar-refractivity contribution >= 4 is 23.1 Å². The molecular formula is C15H18N4S2. The second-order valence-corrected chi connectivity index (χ2v) is 7.03. The van der Waals surface area contributed by atoms with Crippen LogP contribution in [0, 0.1) is 11.8 Å². The van der Waals surface area contributed by atoms with Crippen molar-refractivity contribution < 1.29 is 0 Å². The van der Waals surface area contributed by atoms with Crippen molar-refractivity contribution in [3.8, 4) is 11.8 Å². The summed E-state index contributed by atoms with van der Waals surface area (Å²) in [5.74, 6) is 8.04. The Bertz CT molecular complexity index is 663. The summed E-state index contributed by atoms with van der Waals surface area (Å²) in [6.45, 7) is 1.47. The first-order valence-corrected chi connectivity index (χ1v) is 8.99. The lowest BCUT2D eigenvalue weighted by atomic mass is 10.2. The third kappa shape index (κ3) is 3.67. The average molecular weight is 318 g/mol. The van der Waals surface area contributed by atoms with E-state index in [2.05, 4.69) is 38.7 Å². The molecule has 0 spiro atoms. The molecule has 0 saturated heterocycles. The Morgan fingerprint density at radius 3 is 3.14 bits per heavy atom. The van der Waals surface area contributed by atoms with Crippen LogP contribution in [0.15, 0.2) is 17.3 Å². The first-order chi connectivity index (χ1) is 10.4. The maximum atomic E-state index is 5.39. The zero-order valence-electron chi connectivity index (χ0n) is 11.8. The molecule has 1 aliphatic heterocycles. The van der Waals surface area contributed by atoms with E-state index in [9.17, 15) is 0 Å². The first kappa shape index (κ1) is 14.6. The maximum Gasteiger partial charge on any atom is 0.191 e. The van der Waals surface area contributed by atoms with Crippen LogP contribution in [0.4, 0.5) is 0 Å². The molecule has 21 heavy (non-hydrogen) atoms. The van der Waals surface area contributed by atoms with Crippen LogP contribution in [-0.4, -0.2) is 21.3 Å². The number of aryl methyl sites for hydroxylation is 1. The molecule has 0 radical (unpaired) electrons. The Balaban J connectivity index is 1.65. The topological polar surface area (TPSA) is 56.7 Å². The Kier molecular flexibility index (Phi) is 4.96. The summed E-state index contributed by atoms with van der Waals surface area (Å²) in [6.07, 6.45) is 4.82. The van der Waals surface area contributed by atoms with E-state index in [0.717, 1.165) is 34.6 Å². The number of thioether (sulfide) groups is 1. The highest BCUT2D eigenvalue weighted by Crippen LogP contribution is 2.27. The monoisotopic (exact) mass is 318 g/mol. The van der Waals surface area contributed by atoms with Gasteiger partial charge >= 0.3 is 0 Å². The van der Waals surface area contributed by atoms with Gasteiger partial charge in [0, 0.05) is 23.6 Å². The molecule has 0 aliphatic carbocycles. The molecule has 0 saturated carbocycles. The molecule has 2 aromatic rings. The van der Waals surface area contributed by atoms with Crippen molar-refractivity contribution in [1.29, 1.82) is 0 Å². The molecule has 110 valence electrons. The van der Waals surface area contributed by atoms with Gasteiger partial charge in [-0.05, 0) is 25.0 Å². The normalized spacial score (nSPS) is 14.1. The number of rotatable bonds is 3. The fourth-order valence-electron chi connectivity index (χ4n) is 2.36. The van der Waals surface area contributed by atoms with Gasteiger partial charge in [0.25, 0.3) is 0 Å². The Morgan fingerprint density at radius 2 is 2.24 bits per heavy atom. The molecule has 2 aromatic heterocycles. The van der Waals surface area contributed by atoms with Gasteiger partial charge in [0.1, 0.15) is 5.82 Å². The van der Waals surface area contributed by atoms with E-state index in [1.807, 2.05) is 0 Å². The predicted molar refractivity (Wildman–Crippen MR) is 87.4 cm³/mol. The third-order valence-electron chi connectivity index (χ3n) is 3.39. The van der Waals surface area contributed by atoms with E-state index in [1.54, 1.807) is 23.1 Å². The van der Waals surface area contributed by atoms with E-state index in [0.29, 0.717) is 6.54 Å². The molecule has 0 bridgehead atoms. The quantitative estimate of drug-likeness (QED) is 0.698. The summed E-state index contributed by atoms with van der Waals surface area (Å²) >= 11 is 3.50. The summed E-state index contributed by atoms with van der Waals surface area (Å²) in [5, 5.41) is 9.73. The summed E-state index contributed by atoms with van der Waals surface area (Å²) in [7, 11) is 0. The molecule has 4 nitrogen and oxygen atoms in total. The van der Waals surface area contributed by atoms with Gasteiger partial charge in [0.05, 0.1) is 11.4 Å². The van der Waals surface area contributed by atoms with Gasteiger partial charge in [0.2, 0.25) is 0 Å². The van der Waals surface area contributed by atoms with E-state index >= 15 is 0 Å². The van der Waals surface area contributed by atoms with Crippen molar-refractivity contribution in [3.63, 3.8) is 0 Å². The minimum Gasteiger partial charge on any atom is -0.320 e.